The molecule has 6 nitrogen and oxygen atoms in total. The van der Waals surface area contributed by atoms with Crippen LogP contribution in [0.15, 0.2) is 18.2 Å². The van der Waals surface area contributed by atoms with Crippen molar-refractivity contribution in [3.8, 4) is 5.75 Å². The fourth-order valence-electron chi connectivity index (χ4n) is 1.12. The number of hydrogen-bond acceptors (Lipinski definition) is 5. The number of benzene rings is 1. The predicted octanol–water partition coefficient (Wildman–Crippen LogP) is 0.0988. The highest BCUT2D eigenvalue weighted by atomic mass is 16.5. The Labute approximate surface area is 86.2 Å². The number of carboxylic acids is 1. The van der Waals surface area contributed by atoms with Gasteiger partial charge in [-0.2, -0.15) is 0 Å². The molecule has 0 fully saturated rings. The van der Waals surface area contributed by atoms with E-state index in [-0.39, 0.29) is 5.56 Å². The highest BCUT2D eigenvalue weighted by Gasteiger charge is 2.17. The number of aliphatic carboxylic acids is 1. The number of ether oxygens (including phenoxy) is 1. The number of methoxy groups -OCH3 is 1. The molecule has 0 saturated heterocycles. The molecular weight excluding hydrogens is 200 g/mol. The van der Waals surface area contributed by atoms with Crippen molar-refractivity contribution in [2.75, 3.05) is 12.5 Å². The van der Waals surface area contributed by atoms with Crippen molar-refractivity contribution in [3.05, 3.63) is 23.8 Å². The van der Waals surface area contributed by atoms with Crippen molar-refractivity contribution in [1.82, 2.24) is 0 Å². The quantitative estimate of drug-likeness (QED) is 0.416. The molecule has 0 heterocycles. The summed E-state index contributed by atoms with van der Waals surface area (Å²) in [7, 11) is 1.44. The predicted molar refractivity (Wildman–Crippen MR) is 53.4 cm³/mol. The number of hydrazine groups is 1. The topological polar surface area (TPSA) is 105 Å². The highest BCUT2D eigenvalue weighted by molar-refractivity contribution is 5.75. The largest absolute Gasteiger partial charge is 0.497 e. The van der Waals surface area contributed by atoms with Crippen LogP contribution in [0.1, 0.15) is 11.7 Å². The van der Waals surface area contributed by atoms with Gasteiger partial charge in [0.05, 0.1) is 12.8 Å². The maximum Gasteiger partial charge on any atom is 0.337 e. The number of carboxylic acid groups (broad SMARTS) is 1. The minimum Gasteiger partial charge on any atom is -0.497 e. The third kappa shape index (κ3) is 2.58. The Morgan fingerprint density at radius 3 is 2.67 bits per heavy atom. The van der Waals surface area contributed by atoms with E-state index in [1.54, 1.807) is 6.07 Å². The number of nitrogen functional groups attached to an aromatic ring is 1. The Balaban J connectivity index is 3.11. The smallest absolute Gasteiger partial charge is 0.337 e. The zero-order chi connectivity index (χ0) is 11.4. The molecule has 1 atom stereocenters. The van der Waals surface area contributed by atoms with Crippen molar-refractivity contribution in [2.24, 2.45) is 5.84 Å². The molecule has 5 N–H and O–H groups in total. The van der Waals surface area contributed by atoms with E-state index in [0.29, 0.717) is 11.4 Å². The van der Waals surface area contributed by atoms with Crippen LogP contribution in [-0.4, -0.2) is 23.3 Å². The molecule has 1 aromatic carbocycles. The molecule has 6 heteroatoms. The molecular formula is C9H12N2O4. The van der Waals surface area contributed by atoms with Crippen LogP contribution in [0.25, 0.3) is 0 Å². The lowest BCUT2D eigenvalue weighted by Crippen LogP contribution is -2.12. The van der Waals surface area contributed by atoms with Crippen LogP contribution in [0.4, 0.5) is 5.69 Å². The lowest BCUT2D eigenvalue weighted by Gasteiger charge is -2.10. The van der Waals surface area contributed by atoms with E-state index in [4.69, 9.17) is 15.7 Å². The third-order valence-electron chi connectivity index (χ3n) is 1.88. The van der Waals surface area contributed by atoms with Crippen molar-refractivity contribution < 1.29 is 19.7 Å². The van der Waals surface area contributed by atoms with Crippen molar-refractivity contribution in [1.29, 1.82) is 0 Å². The van der Waals surface area contributed by atoms with Crippen LogP contribution in [0.3, 0.4) is 0 Å². The van der Waals surface area contributed by atoms with Gasteiger partial charge in [-0.15, -0.1) is 0 Å². The van der Waals surface area contributed by atoms with Gasteiger partial charge in [0, 0.05) is 6.07 Å². The molecule has 1 aromatic rings. The molecule has 0 bridgehead atoms. The lowest BCUT2D eigenvalue weighted by molar-refractivity contribution is -0.146. The Morgan fingerprint density at radius 2 is 2.20 bits per heavy atom. The molecule has 0 spiro atoms. The number of rotatable bonds is 4. The van der Waals surface area contributed by atoms with Crippen LogP contribution >= 0.6 is 0 Å². The molecule has 0 aromatic heterocycles. The van der Waals surface area contributed by atoms with Gasteiger partial charge in [-0.1, -0.05) is 0 Å². The van der Waals surface area contributed by atoms with Gasteiger partial charge in [-0.05, 0) is 17.7 Å². The van der Waals surface area contributed by atoms with E-state index in [1.807, 2.05) is 0 Å². The zero-order valence-corrected chi connectivity index (χ0v) is 8.10. The number of carbonyl (C=O) groups is 1. The molecule has 0 aliphatic rings. The SMILES string of the molecule is COc1cc(NN)cc(C(O)C(=O)O)c1. The van der Waals surface area contributed by atoms with Gasteiger partial charge in [0.25, 0.3) is 0 Å². The summed E-state index contributed by atoms with van der Waals surface area (Å²) in [5, 5.41) is 17.9. The second-order valence-electron chi connectivity index (χ2n) is 2.88. The minimum atomic E-state index is -1.59. The first-order valence-electron chi connectivity index (χ1n) is 4.15. The van der Waals surface area contributed by atoms with E-state index in [1.165, 1.54) is 19.2 Å². The summed E-state index contributed by atoms with van der Waals surface area (Å²) in [6, 6.07) is 4.44. The molecule has 0 amide bonds. The molecule has 0 aliphatic heterocycles. The van der Waals surface area contributed by atoms with Gasteiger partial charge < -0.3 is 20.4 Å². The van der Waals surface area contributed by atoms with E-state index < -0.39 is 12.1 Å². The van der Waals surface area contributed by atoms with Crippen LogP contribution < -0.4 is 16.0 Å². The number of anilines is 1. The molecule has 0 radical (unpaired) electrons. The summed E-state index contributed by atoms with van der Waals surface area (Å²) in [4.78, 5) is 10.6. The summed E-state index contributed by atoms with van der Waals surface area (Å²) in [6.07, 6.45) is -1.59. The number of aliphatic hydroxyl groups excluding tert-OH is 1. The first-order valence-corrected chi connectivity index (χ1v) is 4.15. The second kappa shape index (κ2) is 4.63. The normalized spacial score (nSPS) is 11.9. The first kappa shape index (κ1) is 11.3. The lowest BCUT2D eigenvalue weighted by atomic mass is 10.1. The van der Waals surface area contributed by atoms with Crippen molar-refractivity contribution in [3.63, 3.8) is 0 Å². The van der Waals surface area contributed by atoms with Crippen LogP contribution in [-0.2, 0) is 4.79 Å². The Hall–Kier alpha value is -1.79. The van der Waals surface area contributed by atoms with E-state index >= 15 is 0 Å². The molecule has 15 heavy (non-hydrogen) atoms. The standard InChI is InChI=1S/C9H12N2O4/c1-15-7-3-5(8(12)9(13)14)2-6(4-7)11-10/h2-4,8,11-12H,10H2,1H3,(H,13,14). The first-order chi connectivity index (χ1) is 7.08. The van der Waals surface area contributed by atoms with Gasteiger partial charge in [0.15, 0.2) is 6.10 Å². The molecule has 82 valence electrons. The number of aliphatic hydroxyl groups is 1. The highest BCUT2D eigenvalue weighted by Crippen LogP contribution is 2.24. The molecule has 0 aliphatic carbocycles. The van der Waals surface area contributed by atoms with Gasteiger partial charge in [-0.25, -0.2) is 4.79 Å². The van der Waals surface area contributed by atoms with Crippen molar-refractivity contribution in [2.45, 2.75) is 6.10 Å². The van der Waals surface area contributed by atoms with Gasteiger partial charge >= 0.3 is 5.97 Å². The summed E-state index contributed by atoms with van der Waals surface area (Å²) >= 11 is 0. The van der Waals surface area contributed by atoms with Gasteiger partial charge in [0.2, 0.25) is 0 Å². The average molecular weight is 212 g/mol. The summed E-state index contributed by atoms with van der Waals surface area (Å²) in [5.41, 5.74) is 3.02. The van der Waals surface area contributed by atoms with E-state index in [9.17, 15) is 9.90 Å². The second-order valence-corrected chi connectivity index (χ2v) is 2.88. The Kier molecular flexibility index (Phi) is 3.48. The average Bonchev–Trinajstić information content (AvgIpc) is 2.27. The van der Waals surface area contributed by atoms with Gasteiger partial charge in [0.1, 0.15) is 5.75 Å². The fraction of sp³-hybridized carbons (Fsp3) is 0.222. The van der Waals surface area contributed by atoms with Gasteiger partial charge in [-0.3, -0.25) is 5.84 Å². The molecule has 0 saturated carbocycles. The minimum absolute atomic E-state index is 0.204. The van der Waals surface area contributed by atoms with Crippen LogP contribution in [0.2, 0.25) is 0 Å². The van der Waals surface area contributed by atoms with Crippen LogP contribution in [0.5, 0.6) is 5.75 Å². The fourth-order valence-corrected chi connectivity index (χ4v) is 1.12. The van der Waals surface area contributed by atoms with E-state index in [0.717, 1.165) is 0 Å². The maximum absolute atomic E-state index is 10.6. The zero-order valence-electron chi connectivity index (χ0n) is 8.10. The summed E-state index contributed by atoms with van der Waals surface area (Å²) in [5.74, 6) is 4.27. The third-order valence-corrected chi connectivity index (χ3v) is 1.88. The van der Waals surface area contributed by atoms with Crippen LogP contribution in [0, 0.1) is 0 Å². The number of hydrogen-bond donors (Lipinski definition) is 4. The summed E-state index contributed by atoms with van der Waals surface area (Å²) in [6.45, 7) is 0. The number of nitrogens with two attached hydrogens (primary N) is 1. The summed E-state index contributed by atoms with van der Waals surface area (Å²) < 4.78 is 4.93. The number of nitrogens with one attached hydrogen (secondary N) is 1. The van der Waals surface area contributed by atoms with E-state index in [2.05, 4.69) is 5.43 Å². The monoisotopic (exact) mass is 212 g/mol. The molecule has 1 unspecified atom stereocenters. The molecule has 1 rings (SSSR count). The Morgan fingerprint density at radius 1 is 1.53 bits per heavy atom. The maximum atomic E-state index is 10.6. The van der Waals surface area contributed by atoms with Crippen molar-refractivity contribution >= 4 is 11.7 Å². The Bertz CT molecular complexity index is 345.